The molecule has 0 aliphatic heterocycles. The number of hydrogen-bond acceptors (Lipinski definition) is 2. The fourth-order valence-electron chi connectivity index (χ4n) is 5.91. The molecule has 3 unspecified atom stereocenters. The second-order valence-corrected chi connectivity index (χ2v) is 8.34. The van der Waals surface area contributed by atoms with Gasteiger partial charge >= 0.3 is 0 Å². The summed E-state index contributed by atoms with van der Waals surface area (Å²) in [7, 11) is 0. The van der Waals surface area contributed by atoms with Crippen LogP contribution in [0.2, 0.25) is 0 Å². The lowest BCUT2D eigenvalue weighted by molar-refractivity contribution is -0.0852. The summed E-state index contributed by atoms with van der Waals surface area (Å²) in [4.78, 5) is 0. The molecule has 1 N–H and O–H groups in total. The molecule has 3 rings (SSSR count). The van der Waals surface area contributed by atoms with Gasteiger partial charge in [0.05, 0.1) is 12.2 Å². The minimum atomic E-state index is -0.137. The van der Waals surface area contributed by atoms with Crippen molar-refractivity contribution in [1.82, 2.24) is 0 Å². The van der Waals surface area contributed by atoms with E-state index in [-0.39, 0.29) is 6.10 Å². The third kappa shape index (κ3) is 1.98. The van der Waals surface area contributed by atoms with Gasteiger partial charge in [-0.2, -0.15) is 0 Å². The molecule has 0 spiro atoms. The Kier molecular flexibility index (Phi) is 3.70. The first kappa shape index (κ1) is 14.8. The number of aliphatic hydroxyl groups excluding tert-OH is 1. The largest absolute Gasteiger partial charge is 0.393 e. The fraction of sp³-hybridized carbons (Fsp3) is 1.00. The van der Waals surface area contributed by atoms with E-state index in [0.717, 1.165) is 37.7 Å². The predicted molar refractivity (Wildman–Crippen MR) is 81.5 cm³/mol. The van der Waals surface area contributed by atoms with E-state index in [4.69, 9.17) is 4.74 Å². The Labute approximate surface area is 124 Å². The number of fused-ring (bicyclic) bond motifs is 2. The van der Waals surface area contributed by atoms with E-state index >= 15 is 0 Å². The zero-order valence-electron chi connectivity index (χ0n) is 13.7. The van der Waals surface area contributed by atoms with Crippen molar-refractivity contribution in [2.45, 2.75) is 78.4 Å². The predicted octanol–water partition coefficient (Wildman–Crippen LogP) is 4.01. The van der Waals surface area contributed by atoms with Crippen LogP contribution in [0.4, 0.5) is 0 Å². The third-order valence-electron chi connectivity index (χ3n) is 7.57. The average Bonchev–Trinajstić information content (AvgIpc) is 2.72. The molecular weight excluding hydrogens is 248 g/mol. The molecule has 0 aromatic carbocycles. The van der Waals surface area contributed by atoms with Gasteiger partial charge in [-0.3, -0.25) is 0 Å². The summed E-state index contributed by atoms with van der Waals surface area (Å²) >= 11 is 0. The zero-order valence-corrected chi connectivity index (χ0v) is 13.7. The van der Waals surface area contributed by atoms with Gasteiger partial charge in [-0.05, 0) is 74.0 Å². The molecule has 116 valence electrons. The maximum absolute atomic E-state index is 9.99. The van der Waals surface area contributed by atoms with Crippen molar-refractivity contribution in [3.8, 4) is 0 Å². The van der Waals surface area contributed by atoms with Crippen LogP contribution in [0.15, 0.2) is 0 Å². The standard InChI is InChI=1S/C18H32O2/c1-5-20-16-11-13(19)6-7-14(16)15-10-12-8-9-18(15,4)17(12,2)3/h12-16,19H,5-11H2,1-4H3/t12-,13?,14?,15+,16?,18+/m1/s1. The summed E-state index contributed by atoms with van der Waals surface area (Å²) in [5, 5.41) is 9.99. The van der Waals surface area contributed by atoms with Crippen LogP contribution in [-0.2, 0) is 4.74 Å². The van der Waals surface area contributed by atoms with Crippen LogP contribution in [-0.4, -0.2) is 23.9 Å². The lowest BCUT2D eigenvalue weighted by Crippen LogP contribution is -2.44. The lowest BCUT2D eigenvalue weighted by Gasteiger charge is -2.47. The molecule has 3 aliphatic carbocycles. The smallest absolute Gasteiger partial charge is 0.0630 e. The second-order valence-electron chi connectivity index (χ2n) is 8.34. The van der Waals surface area contributed by atoms with Crippen LogP contribution in [0.5, 0.6) is 0 Å². The Morgan fingerprint density at radius 2 is 1.85 bits per heavy atom. The van der Waals surface area contributed by atoms with Crippen LogP contribution in [0.25, 0.3) is 0 Å². The van der Waals surface area contributed by atoms with Crippen molar-refractivity contribution in [1.29, 1.82) is 0 Å². The first-order chi connectivity index (χ1) is 9.40. The minimum Gasteiger partial charge on any atom is -0.393 e. The van der Waals surface area contributed by atoms with Crippen LogP contribution < -0.4 is 0 Å². The van der Waals surface area contributed by atoms with E-state index in [1.165, 1.54) is 19.3 Å². The molecule has 0 radical (unpaired) electrons. The van der Waals surface area contributed by atoms with Gasteiger partial charge in [-0.1, -0.05) is 20.8 Å². The monoisotopic (exact) mass is 280 g/mol. The molecule has 0 amide bonds. The van der Waals surface area contributed by atoms with Crippen molar-refractivity contribution >= 4 is 0 Å². The zero-order chi connectivity index (χ0) is 14.5. The van der Waals surface area contributed by atoms with Crippen LogP contribution in [0.3, 0.4) is 0 Å². The summed E-state index contributed by atoms with van der Waals surface area (Å²) in [6.07, 6.45) is 7.37. The van der Waals surface area contributed by atoms with Crippen LogP contribution >= 0.6 is 0 Å². The average molecular weight is 280 g/mol. The molecule has 3 saturated carbocycles. The molecule has 2 bridgehead atoms. The molecule has 3 fully saturated rings. The summed E-state index contributed by atoms with van der Waals surface area (Å²) in [5.41, 5.74) is 0.977. The van der Waals surface area contributed by atoms with Gasteiger partial charge in [0.1, 0.15) is 0 Å². The minimum absolute atomic E-state index is 0.137. The highest BCUT2D eigenvalue weighted by Gasteiger charge is 2.63. The Morgan fingerprint density at radius 1 is 1.10 bits per heavy atom. The van der Waals surface area contributed by atoms with Crippen LogP contribution in [0, 0.1) is 28.6 Å². The van der Waals surface area contributed by atoms with E-state index in [2.05, 4.69) is 27.7 Å². The molecule has 3 aliphatic rings. The maximum Gasteiger partial charge on any atom is 0.0630 e. The van der Waals surface area contributed by atoms with E-state index in [1.807, 2.05) is 0 Å². The second kappa shape index (κ2) is 4.98. The van der Waals surface area contributed by atoms with Crippen molar-refractivity contribution in [2.75, 3.05) is 6.61 Å². The van der Waals surface area contributed by atoms with Gasteiger partial charge in [0.2, 0.25) is 0 Å². The molecule has 6 atom stereocenters. The summed E-state index contributed by atoms with van der Waals surface area (Å²) < 4.78 is 6.04. The Bertz CT molecular complexity index is 364. The third-order valence-corrected chi connectivity index (χ3v) is 7.57. The Balaban J connectivity index is 1.82. The summed E-state index contributed by atoms with van der Waals surface area (Å²) in [5.74, 6) is 2.39. The Morgan fingerprint density at radius 3 is 2.40 bits per heavy atom. The first-order valence-corrected chi connectivity index (χ1v) is 8.69. The summed E-state index contributed by atoms with van der Waals surface area (Å²) in [6.45, 7) is 10.4. The molecular formula is C18H32O2. The van der Waals surface area contributed by atoms with Gasteiger partial charge in [-0.25, -0.2) is 0 Å². The molecule has 2 heteroatoms. The molecule has 0 saturated heterocycles. The lowest BCUT2D eigenvalue weighted by atomic mass is 9.60. The number of rotatable bonds is 3. The Hall–Kier alpha value is -0.0800. The van der Waals surface area contributed by atoms with Gasteiger partial charge in [0.25, 0.3) is 0 Å². The van der Waals surface area contributed by atoms with Crippen LogP contribution in [0.1, 0.15) is 66.2 Å². The van der Waals surface area contributed by atoms with Crippen molar-refractivity contribution in [3.05, 3.63) is 0 Å². The maximum atomic E-state index is 9.99. The summed E-state index contributed by atoms with van der Waals surface area (Å²) in [6, 6.07) is 0. The normalized spacial score (nSPS) is 50.5. The first-order valence-electron chi connectivity index (χ1n) is 8.69. The van der Waals surface area contributed by atoms with E-state index in [9.17, 15) is 5.11 Å². The van der Waals surface area contributed by atoms with Gasteiger partial charge in [0.15, 0.2) is 0 Å². The van der Waals surface area contributed by atoms with Gasteiger partial charge in [-0.15, -0.1) is 0 Å². The highest BCUT2D eigenvalue weighted by Crippen LogP contribution is 2.70. The molecule has 0 aromatic rings. The van der Waals surface area contributed by atoms with Crippen molar-refractivity contribution < 1.29 is 9.84 Å². The molecule has 0 aromatic heterocycles. The molecule has 20 heavy (non-hydrogen) atoms. The number of hydrogen-bond donors (Lipinski definition) is 1. The van der Waals surface area contributed by atoms with E-state index in [0.29, 0.717) is 22.9 Å². The van der Waals surface area contributed by atoms with Gasteiger partial charge in [0, 0.05) is 6.61 Å². The van der Waals surface area contributed by atoms with Crippen molar-refractivity contribution in [2.24, 2.45) is 28.6 Å². The van der Waals surface area contributed by atoms with Gasteiger partial charge < -0.3 is 9.84 Å². The number of aliphatic hydroxyl groups is 1. The molecule has 2 nitrogen and oxygen atoms in total. The SMILES string of the molecule is CCOC1CC(O)CCC1[C@@H]1C[C@H]2CC[C@]1(C)C2(C)C. The molecule has 0 heterocycles. The highest BCUT2D eigenvalue weighted by atomic mass is 16.5. The quantitative estimate of drug-likeness (QED) is 0.846. The highest BCUT2D eigenvalue weighted by molar-refractivity contribution is 5.12. The van der Waals surface area contributed by atoms with E-state index < -0.39 is 0 Å². The number of ether oxygens (including phenoxy) is 1. The van der Waals surface area contributed by atoms with Crippen molar-refractivity contribution in [3.63, 3.8) is 0 Å². The van der Waals surface area contributed by atoms with E-state index in [1.54, 1.807) is 0 Å². The fourth-order valence-corrected chi connectivity index (χ4v) is 5.91. The topological polar surface area (TPSA) is 29.5 Å².